The van der Waals surface area contributed by atoms with Crippen LogP contribution in [0.3, 0.4) is 0 Å². The first kappa shape index (κ1) is 36.6. The number of nitrogens with zero attached hydrogens (tertiary/aromatic N) is 6. The third-order valence-electron chi connectivity index (χ3n) is 6.02. The van der Waals surface area contributed by atoms with Gasteiger partial charge in [0, 0.05) is 11.6 Å². The Hall–Kier alpha value is -4.88. The zero-order valence-electron chi connectivity index (χ0n) is 26.6. The number of halogens is 2. The highest BCUT2D eigenvalue weighted by Gasteiger charge is 2.25. The molecule has 18 heteroatoms. The molecule has 0 amide bonds. The molecular weight excluding hydrogens is 663 g/mol. The van der Waals surface area contributed by atoms with Crippen molar-refractivity contribution >= 4 is 35.5 Å². The molecule has 0 N–H and O–H groups in total. The SMILES string of the molecule is CC(C)OC(=O)OC(C)n1nc(Oc2c(Cl)cc(-n3nc(C#N)c(=O)n(C(C)OC(=O)OC(C)C)c3=O)cc2Cl)cc(C(C)C)c1=O. The Labute approximate surface area is 277 Å². The van der Waals surface area contributed by atoms with Crippen LogP contribution >= 0.6 is 23.2 Å². The number of aromatic nitrogens is 5. The number of ether oxygens (including phenoxy) is 5. The molecule has 1 aromatic carbocycles. The Morgan fingerprint density at radius 3 is 1.81 bits per heavy atom. The quantitative estimate of drug-likeness (QED) is 0.251. The van der Waals surface area contributed by atoms with E-state index in [2.05, 4.69) is 10.2 Å². The van der Waals surface area contributed by atoms with Gasteiger partial charge in [0.15, 0.2) is 18.2 Å². The van der Waals surface area contributed by atoms with E-state index in [1.807, 2.05) is 0 Å². The Morgan fingerprint density at radius 2 is 1.32 bits per heavy atom. The Balaban J connectivity index is 2.07. The minimum Gasteiger partial charge on any atom is -0.434 e. The van der Waals surface area contributed by atoms with Gasteiger partial charge in [0.05, 0.1) is 27.9 Å². The third kappa shape index (κ3) is 8.69. The molecule has 0 bridgehead atoms. The highest BCUT2D eigenvalue weighted by atomic mass is 35.5. The van der Waals surface area contributed by atoms with Crippen molar-refractivity contribution in [1.82, 2.24) is 24.1 Å². The fraction of sp³-hybridized carbons (Fsp3) is 0.448. The van der Waals surface area contributed by atoms with Crippen molar-refractivity contribution in [2.75, 3.05) is 0 Å². The van der Waals surface area contributed by atoms with Crippen molar-refractivity contribution in [2.45, 2.75) is 86.0 Å². The molecule has 2 atom stereocenters. The van der Waals surface area contributed by atoms with Gasteiger partial charge in [-0.3, -0.25) is 9.59 Å². The van der Waals surface area contributed by atoms with E-state index in [0.29, 0.717) is 9.25 Å². The van der Waals surface area contributed by atoms with Gasteiger partial charge < -0.3 is 23.7 Å². The number of rotatable bonds is 10. The summed E-state index contributed by atoms with van der Waals surface area (Å²) in [5, 5.41) is 17.2. The molecule has 0 saturated carbocycles. The summed E-state index contributed by atoms with van der Waals surface area (Å²) in [6, 6.07) is 5.38. The fourth-order valence-corrected chi connectivity index (χ4v) is 4.51. The second kappa shape index (κ2) is 15.1. The summed E-state index contributed by atoms with van der Waals surface area (Å²) < 4.78 is 28.1. The second-order valence-corrected chi connectivity index (χ2v) is 11.6. The zero-order valence-corrected chi connectivity index (χ0v) is 28.2. The number of hydrogen-bond acceptors (Lipinski definition) is 13. The van der Waals surface area contributed by atoms with E-state index in [1.54, 1.807) is 47.6 Å². The molecule has 0 radical (unpaired) electrons. The lowest BCUT2D eigenvalue weighted by molar-refractivity contribution is -0.0167. The van der Waals surface area contributed by atoms with E-state index in [9.17, 15) is 29.2 Å². The van der Waals surface area contributed by atoms with Crippen LogP contribution in [-0.4, -0.2) is 48.6 Å². The first-order valence-corrected chi connectivity index (χ1v) is 14.9. The number of benzene rings is 1. The van der Waals surface area contributed by atoms with Crippen LogP contribution in [0.5, 0.6) is 11.6 Å². The maximum absolute atomic E-state index is 13.4. The molecule has 3 rings (SSSR count). The van der Waals surface area contributed by atoms with Crippen LogP contribution in [0, 0.1) is 11.3 Å². The van der Waals surface area contributed by atoms with Gasteiger partial charge in [-0.1, -0.05) is 37.0 Å². The van der Waals surface area contributed by atoms with Crippen LogP contribution in [0.25, 0.3) is 5.69 Å². The lowest BCUT2D eigenvalue weighted by Crippen LogP contribution is -2.45. The molecule has 2 aromatic heterocycles. The first-order chi connectivity index (χ1) is 21.9. The average Bonchev–Trinajstić information content (AvgIpc) is 2.94. The standard InChI is InChI=1S/C29H32Cl2N6O10/c1-13(2)19-11-23(34-36(25(19)38)17(8)46-29(42)44-15(5)6)47-24-20(30)9-18(10-21(24)31)37-27(40)35(26(39)22(12-32)33-37)16(7)45-28(41)43-14(3)4/h9-11,13-17H,1-8H3. The van der Waals surface area contributed by atoms with E-state index in [4.69, 9.17) is 46.9 Å². The van der Waals surface area contributed by atoms with Crippen molar-refractivity contribution < 1.29 is 33.3 Å². The van der Waals surface area contributed by atoms with Crippen LogP contribution in [-0.2, 0) is 18.9 Å². The summed E-state index contributed by atoms with van der Waals surface area (Å²) >= 11 is 13.0. The molecule has 0 aliphatic carbocycles. The Morgan fingerprint density at radius 1 is 0.787 bits per heavy atom. The summed E-state index contributed by atoms with van der Waals surface area (Å²) in [4.78, 5) is 63.4. The molecule has 3 aromatic rings. The highest BCUT2D eigenvalue weighted by molar-refractivity contribution is 6.37. The van der Waals surface area contributed by atoms with Crippen molar-refractivity contribution in [1.29, 1.82) is 5.26 Å². The predicted octanol–water partition coefficient (Wildman–Crippen LogP) is 5.21. The Bertz CT molecular complexity index is 1870. The van der Waals surface area contributed by atoms with E-state index in [0.717, 1.165) is 4.68 Å². The highest BCUT2D eigenvalue weighted by Crippen LogP contribution is 2.38. The minimum atomic E-state index is -1.49. The normalized spacial score (nSPS) is 12.4. The van der Waals surface area contributed by atoms with Crippen molar-refractivity contribution in [2.24, 2.45) is 0 Å². The Kier molecular flexibility index (Phi) is 11.8. The van der Waals surface area contributed by atoms with Crippen LogP contribution in [0.1, 0.15) is 85.0 Å². The summed E-state index contributed by atoms with van der Waals surface area (Å²) in [6.07, 6.45) is -5.84. The van der Waals surface area contributed by atoms with Gasteiger partial charge in [-0.25, -0.2) is 19.0 Å². The molecule has 2 unspecified atom stereocenters. The molecule has 0 aliphatic rings. The van der Waals surface area contributed by atoms with Crippen molar-refractivity contribution in [3.8, 4) is 23.4 Å². The van der Waals surface area contributed by atoms with E-state index in [-0.39, 0.29) is 38.8 Å². The van der Waals surface area contributed by atoms with E-state index < -0.39 is 59.5 Å². The molecule has 0 fully saturated rings. The number of hydrogen-bond donors (Lipinski definition) is 0. The van der Waals surface area contributed by atoms with Gasteiger partial charge in [-0.15, -0.1) is 10.2 Å². The molecule has 252 valence electrons. The number of carbonyl (C=O) groups is 2. The predicted molar refractivity (Wildman–Crippen MR) is 166 cm³/mol. The topological polar surface area (TPSA) is 196 Å². The molecular formula is C29H32Cl2N6O10. The summed E-state index contributed by atoms with van der Waals surface area (Å²) in [5.41, 5.74) is -3.29. The average molecular weight is 696 g/mol. The van der Waals surface area contributed by atoms with E-state index >= 15 is 0 Å². The van der Waals surface area contributed by atoms with Gasteiger partial charge in [0.25, 0.3) is 11.1 Å². The van der Waals surface area contributed by atoms with Crippen LogP contribution in [0.2, 0.25) is 10.0 Å². The molecule has 0 saturated heterocycles. The van der Waals surface area contributed by atoms with Crippen LogP contribution < -0.4 is 21.5 Å². The van der Waals surface area contributed by atoms with Crippen LogP contribution in [0.4, 0.5) is 9.59 Å². The molecule has 0 aliphatic heterocycles. The minimum absolute atomic E-state index is 0.0916. The monoisotopic (exact) mass is 694 g/mol. The van der Waals surface area contributed by atoms with Gasteiger partial charge in [-0.05, 0) is 59.6 Å². The maximum Gasteiger partial charge on any atom is 0.510 e. The van der Waals surface area contributed by atoms with Gasteiger partial charge in [-0.2, -0.15) is 14.6 Å². The number of carbonyl (C=O) groups excluding carboxylic acids is 2. The summed E-state index contributed by atoms with van der Waals surface area (Å²) in [5.74, 6) is -0.594. The zero-order chi connectivity index (χ0) is 35.3. The molecule has 2 heterocycles. The van der Waals surface area contributed by atoms with Gasteiger partial charge >= 0.3 is 18.0 Å². The summed E-state index contributed by atoms with van der Waals surface area (Å²) in [7, 11) is 0. The van der Waals surface area contributed by atoms with Gasteiger partial charge in [0.2, 0.25) is 11.6 Å². The molecule has 16 nitrogen and oxygen atoms in total. The van der Waals surface area contributed by atoms with E-state index in [1.165, 1.54) is 32.0 Å². The van der Waals surface area contributed by atoms with Crippen molar-refractivity contribution in [3.05, 3.63) is 70.7 Å². The molecule has 47 heavy (non-hydrogen) atoms. The van der Waals surface area contributed by atoms with Crippen LogP contribution in [0.15, 0.2) is 32.6 Å². The maximum atomic E-state index is 13.4. The fourth-order valence-electron chi connectivity index (χ4n) is 3.96. The molecule has 0 spiro atoms. The lowest BCUT2D eigenvalue weighted by atomic mass is 10.1. The first-order valence-electron chi connectivity index (χ1n) is 14.2. The number of nitriles is 1. The smallest absolute Gasteiger partial charge is 0.434 e. The lowest BCUT2D eigenvalue weighted by Gasteiger charge is -2.19. The summed E-state index contributed by atoms with van der Waals surface area (Å²) in [6.45, 7) is 12.6. The van der Waals surface area contributed by atoms with Gasteiger partial charge in [0.1, 0.15) is 6.07 Å². The van der Waals surface area contributed by atoms with Crippen molar-refractivity contribution in [3.63, 3.8) is 0 Å². The second-order valence-electron chi connectivity index (χ2n) is 10.8. The third-order valence-corrected chi connectivity index (χ3v) is 6.58. The largest absolute Gasteiger partial charge is 0.510 e.